The number of hydrogen-bond donors (Lipinski definition) is 1. The fourth-order valence-electron chi connectivity index (χ4n) is 2.75. The van der Waals surface area contributed by atoms with E-state index in [0.717, 1.165) is 24.9 Å². The Kier molecular flexibility index (Phi) is 4.17. The summed E-state index contributed by atoms with van der Waals surface area (Å²) in [5.74, 6) is -0.00602. The van der Waals surface area contributed by atoms with Crippen molar-refractivity contribution in [1.29, 1.82) is 0 Å². The molecule has 2 aromatic rings. The molecule has 3 heterocycles. The average molecular weight is 289 g/mol. The monoisotopic (exact) mass is 289 g/mol. The Morgan fingerprint density at radius 2 is 2.38 bits per heavy atom. The van der Waals surface area contributed by atoms with Crippen LogP contribution in [0.15, 0.2) is 30.6 Å². The van der Waals surface area contributed by atoms with E-state index in [1.165, 1.54) is 0 Å². The van der Waals surface area contributed by atoms with Crippen LogP contribution in [0.5, 0.6) is 0 Å². The van der Waals surface area contributed by atoms with Gasteiger partial charge in [0.2, 0.25) is 0 Å². The van der Waals surface area contributed by atoms with E-state index in [1.54, 1.807) is 10.7 Å². The lowest BCUT2D eigenvalue weighted by atomic mass is 10.1. The van der Waals surface area contributed by atoms with Crippen molar-refractivity contribution >= 4 is 11.4 Å². The Bertz CT molecular complexity index is 625. The summed E-state index contributed by atoms with van der Waals surface area (Å²) in [5, 5.41) is 13.0. The molecule has 21 heavy (non-hydrogen) atoms. The second-order valence-electron chi connectivity index (χ2n) is 5.20. The number of aliphatic hydroxyl groups is 1. The third-order valence-electron chi connectivity index (χ3n) is 3.77. The maximum absolute atomic E-state index is 12.7. The Morgan fingerprint density at radius 3 is 3.24 bits per heavy atom. The number of ether oxygens (including phenoxy) is 1. The largest absolute Gasteiger partial charge is 0.394 e. The molecule has 1 unspecified atom stereocenters. The minimum absolute atomic E-state index is 0.00602. The van der Waals surface area contributed by atoms with Gasteiger partial charge in [0, 0.05) is 19.3 Å². The van der Waals surface area contributed by atoms with Crippen LogP contribution in [-0.2, 0) is 4.74 Å². The van der Waals surface area contributed by atoms with Crippen LogP contribution in [0.3, 0.4) is 0 Å². The lowest BCUT2D eigenvalue weighted by Gasteiger charge is -2.32. The summed E-state index contributed by atoms with van der Waals surface area (Å²) in [6.45, 7) is 1.65. The van der Waals surface area contributed by atoms with Crippen LogP contribution < -0.4 is 0 Å². The zero-order chi connectivity index (χ0) is 14.7. The van der Waals surface area contributed by atoms with Gasteiger partial charge in [-0.25, -0.2) is 4.52 Å². The number of pyridine rings is 1. The maximum atomic E-state index is 12.7. The van der Waals surface area contributed by atoms with Crippen LogP contribution in [0.1, 0.15) is 23.2 Å². The highest BCUT2D eigenvalue weighted by Gasteiger charge is 2.26. The Labute approximate surface area is 122 Å². The molecule has 0 radical (unpaired) electrons. The summed E-state index contributed by atoms with van der Waals surface area (Å²) < 4.78 is 7.26. The molecule has 0 aliphatic carbocycles. The molecule has 1 N–H and O–H groups in total. The fraction of sp³-hybridized carbons (Fsp3) is 0.467. The SMILES string of the molecule is O=C(c1cnn2ccccc12)N1CCCC(OCCO)C1. The van der Waals surface area contributed by atoms with Crippen molar-refractivity contribution in [3.05, 3.63) is 36.2 Å². The van der Waals surface area contributed by atoms with E-state index in [4.69, 9.17) is 9.84 Å². The molecule has 1 atom stereocenters. The van der Waals surface area contributed by atoms with E-state index in [9.17, 15) is 4.79 Å². The van der Waals surface area contributed by atoms with Gasteiger partial charge in [-0.15, -0.1) is 0 Å². The van der Waals surface area contributed by atoms with Gasteiger partial charge in [-0.1, -0.05) is 6.07 Å². The number of aromatic nitrogens is 2. The van der Waals surface area contributed by atoms with Gasteiger partial charge < -0.3 is 14.7 Å². The summed E-state index contributed by atoms with van der Waals surface area (Å²) in [6.07, 6.45) is 5.31. The van der Waals surface area contributed by atoms with Gasteiger partial charge in [0.1, 0.15) is 0 Å². The topological polar surface area (TPSA) is 67.1 Å². The van der Waals surface area contributed by atoms with E-state index >= 15 is 0 Å². The van der Waals surface area contributed by atoms with Crippen LogP contribution in [-0.4, -0.2) is 57.9 Å². The van der Waals surface area contributed by atoms with Crippen LogP contribution in [0.4, 0.5) is 0 Å². The van der Waals surface area contributed by atoms with Crippen molar-refractivity contribution in [1.82, 2.24) is 14.5 Å². The number of nitrogens with zero attached hydrogens (tertiary/aromatic N) is 3. The maximum Gasteiger partial charge on any atom is 0.257 e. The number of rotatable bonds is 4. The van der Waals surface area contributed by atoms with E-state index in [1.807, 2.05) is 29.3 Å². The lowest BCUT2D eigenvalue weighted by molar-refractivity contribution is -0.0110. The summed E-state index contributed by atoms with van der Waals surface area (Å²) in [6, 6.07) is 5.68. The van der Waals surface area contributed by atoms with Crippen LogP contribution >= 0.6 is 0 Å². The normalized spacial score (nSPS) is 19.1. The zero-order valence-electron chi connectivity index (χ0n) is 11.8. The summed E-state index contributed by atoms with van der Waals surface area (Å²) in [5.41, 5.74) is 1.44. The van der Waals surface area contributed by atoms with Crippen LogP contribution in [0.2, 0.25) is 0 Å². The van der Waals surface area contributed by atoms with Crippen molar-refractivity contribution in [2.24, 2.45) is 0 Å². The molecule has 6 heteroatoms. The molecule has 0 bridgehead atoms. The number of piperidine rings is 1. The first-order valence-corrected chi connectivity index (χ1v) is 7.23. The molecule has 1 aliphatic rings. The first-order valence-electron chi connectivity index (χ1n) is 7.23. The second-order valence-corrected chi connectivity index (χ2v) is 5.20. The van der Waals surface area contributed by atoms with Crippen LogP contribution in [0, 0.1) is 0 Å². The van der Waals surface area contributed by atoms with Crippen molar-refractivity contribution in [3.8, 4) is 0 Å². The highest BCUT2D eigenvalue weighted by atomic mass is 16.5. The third kappa shape index (κ3) is 2.91. The number of carbonyl (C=O) groups is 1. The van der Waals surface area contributed by atoms with Crippen molar-refractivity contribution < 1.29 is 14.6 Å². The number of amides is 1. The minimum Gasteiger partial charge on any atom is -0.394 e. The number of hydrogen-bond acceptors (Lipinski definition) is 4. The average Bonchev–Trinajstić information content (AvgIpc) is 2.96. The van der Waals surface area contributed by atoms with E-state index in [0.29, 0.717) is 18.7 Å². The van der Waals surface area contributed by atoms with Crippen molar-refractivity contribution in [2.45, 2.75) is 18.9 Å². The van der Waals surface area contributed by atoms with Gasteiger partial charge in [-0.3, -0.25) is 4.79 Å². The van der Waals surface area contributed by atoms with Gasteiger partial charge in [-0.2, -0.15) is 5.10 Å². The van der Waals surface area contributed by atoms with Gasteiger partial charge in [0.15, 0.2) is 0 Å². The highest BCUT2D eigenvalue weighted by Crippen LogP contribution is 2.18. The molecule has 1 fully saturated rings. The quantitative estimate of drug-likeness (QED) is 0.910. The number of fused-ring (bicyclic) bond motifs is 1. The molecule has 6 nitrogen and oxygen atoms in total. The Hall–Kier alpha value is -1.92. The molecular formula is C15H19N3O3. The smallest absolute Gasteiger partial charge is 0.257 e. The van der Waals surface area contributed by atoms with Gasteiger partial charge in [0.25, 0.3) is 5.91 Å². The fourth-order valence-corrected chi connectivity index (χ4v) is 2.75. The standard InChI is InChI=1S/C15H19N3O3/c19-8-9-21-12-4-3-6-17(11-12)15(20)13-10-16-18-7-2-1-5-14(13)18/h1-2,5,7,10,12,19H,3-4,6,8-9,11H2. The molecule has 0 spiro atoms. The number of aliphatic hydroxyl groups excluding tert-OH is 1. The minimum atomic E-state index is -0.00602. The first-order chi connectivity index (χ1) is 10.3. The Morgan fingerprint density at radius 1 is 1.48 bits per heavy atom. The molecule has 0 aromatic carbocycles. The third-order valence-corrected chi connectivity index (χ3v) is 3.77. The predicted octanol–water partition coefficient (Wildman–Crippen LogP) is 0.948. The zero-order valence-corrected chi connectivity index (χ0v) is 11.8. The number of likely N-dealkylation sites (tertiary alicyclic amines) is 1. The lowest BCUT2D eigenvalue weighted by Crippen LogP contribution is -2.43. The predicted molar refractivity (Wildman–Crippen MR) is 77.2 cm³/mol. The molecular weight excluding hydrogens is 270 g/mol. The molecule has 1 saturated heterocycles. The summed E-state index contributed by atoms with van der Waals surface area (Å²) in [7, 11) is 0. The van der Waals surface area contributed by atoms with E-state index in [-0.39, 0.29) is 18.6 Å². The van der Waals surface area contributed by atoms with E-state index < -0.39 is 0 Å². The van der Waals surface area contributed by atoms with Gasteiger partial charge in [-0.05, 0) is 25.0 Å². The highest BCUT2D eigenvalue weighted by molar-refractivity contribution is 6.00. The van der Waals surface area contributed by atoms with E-state index in [2.05, 4.69) is 5.10 Å². The second kappa shape index (κ2) is 6.24. The molecule has 2 aromatic heterocycles. The van der Waals surface area contributed by atoms with Crippen molar-refractivity contribution in [3.63, 3.8) is 0 Å². The Balaban J connectivity index is 1.75. The summed E-state index contributed by atoms with van der Waals surface area (Å²) in [4.78, 5) is 14.5. The molecule has 3 rings (SSSR count). The van der Waals surface area contributed by atoms with Crippen LogP contribution in [0.25, 0.3) is 5.52 Å². The van der Waals surface area contributed by atoms with Gasteiger partial charge in [0.05, 0.1) is 36.6 Å². The van der Waals surface area contributed by atoms with Gasteiger partial charge >= 0.3 is 0 Å². The first kappa shape index (κ1) is 14.0. The van der Waals surface area contributed by atoms with Crippen molar-refractivity contribution in [2.75, 3.05) is 26.3 Å². The molecule has 1 aliphatic heterocycles. The molecule has 0 saturated carbocycles. The summed E-state index contributed by atoms with van der Waals surface area (Å²) >= 11 is 0. The molecule has 112 valence electrons. The molecule has 1 amide bonds. The number of carbonyl (C=O) groups excluding carboxylic acids is 1.